The van der Waals surface area contributed by atoms with Crippen molar-refractivity contribution in [1.29, 1.82) is 0 Å². The Hall–Kier alpha value is -2.35. The average Bonchev–Trinajstić information content (AvgIpc) is 2.56. The zero-order valence-electron chi connectivity index (χ0n) is 13.5. The summed E-state index contributed by atoms with van der Waals surface area (Å²) in [6, 6.07) is 4.11. The molecule has 1 heterocycles. The van der Waals surface area contributed by atoms with E-state index >= 15 is 0 Å². The summed E-state index contributed by atoms with van der Waals surface area (Å²) in [4.78, 5) is 6.66. The van der Waals surface area contributed by atoms with Crippen molar-refractivity contribution in [2.45, 2.75) is 19.9 Å². The highest BCUT2D eigenvalue weighted by atomic mass is 16.5. The van der Waals surface area contributed by atoms with E-state index in [0.29, 0.717) is 6.54 Å². The highest BCUT2D eigenvalue weighted by Crippen LogP contribution is 2.33. The largest absolute Gasteiger partial charge is 0.493 e. The molecule has 0 spiro atoms. The van der Waals surface area contributed by atoms with Crippen LogP contribution < -0.4 is 14.8 Å². The Morgan fingerprint density at radius 3 is 2.59 bits per heavy atom. The number of hydrogen-bond acceptors (Lipinski definition) is 3. The molecule has 0 fully saturated rings. The quantitative estimate of drug-likeness (QED) is 0.522. The topological polar surface area (TPSA) is 46.1 Å². The molecule has 0 bridgehead atoms. The standard InChI is InChI=1S/C17H23N3O2/c1-5-8-19-17(18-6-2)20-9-7-13-10-15(21-3)16(22-4)11-14(13)12-20/h1,10-11H,6-9,12H2,2-4H3,(H,18,19). The van der Waals surface area contributed by atoms with Gasteiger partial charge in [0.15, 0.2) is 17.5 Å². The molecular weight excluding hydrogens is 278 g/mol. The zero-order chi connectivity index (χ0) is 15.9. The number of nitrogens with zero attached hydrogens (tertiary/aromatic N) is 2. The first-order valence-corrected chi connectivity index (χ1v) is 7.44. The fraction of sp³-hybridized carbons (Fsp3) is 0.471. The summed E-state index contributed by atoms with van der Waals surface area (Å²) in [5, 5.41) is 3.29. The van der Waals surface area contributed by atoms with Gasteiger partial charge in [-0.2, -0.15) is 0 Å². The van der Waals surface area contributed by atoms with E-state index in [-0.39, 0.29) is 0 Å². The van der Waals surface area contributed by atoms with Crippen LogP contribution in [0.25, 0.3) is 0 Å². The van der Waals surface area contributed by atoms with Gasteiger partial charge in [0.1, 0.15) is 6.54 Å². The van der Waals surface area contributed by atoms with Crippen LogP contribution in [0.3, 0.4) is 0 Å². The lowest BCUT2D eigenvalue weighted by molar-refractivity contribution is 0.346. The second-order valence-corrected chi connectivity index (χ2v) is 5.02. The van der Waals surface area contributed by atoms with Crippen molar-refractivity contribution in [2.75, 3.05) is 33.9 Å². The van der Waals surface area contributed by atoms with E-state index < -0.39 is 0 Å². The van der Waals surface area contributed by atoms with Crippen molar-refractivity contribution in [2.24, 2.45) is 4.99 Å². The Kier molecular flexibility index (Phi) is 5.54. The molecule has 0 radical (unpaired) electrons. The third kappa shape index (κ3) is 3.45. The molecule has 0 atom stereocenters. The number of methoxy groups -OCH3 is 2. The number of nitrogens with one attached hydrogen (secondary N) is 1. The minimum Gasteiger partial charge on any atom is -0.493 e. The number of rotatable bonds is 4. The van der Waals surface area contributed by atoms with Crippen LogP contribution >= 0.6 is 0 Å². The van der Waals surface area contributed by atoms with Crippen LogP contribution in [-0.4, -0.2) is 44.7 Å². The maximum atomic E-state index is 5.39. The summed E-state index contributed by atoms with van der Waals surface area (Å²) >= 11 is 0. The van der Waals surface area contributed by atoms with Gasteiger partial charge in [-0.05, 0) is 36.6 Å². The number of fused-ring (bicyclic) bond motifs is 1. The van der Waals surface area contributed by atoms with Gasteiger partial charge in [0, 0.05) is 19.6 Å². The van der Waals surface area contributed by atoms with Gasteiger partial charge in [0.05, 0.1) is 14.2 Å². The molecule has 0 unspecified atom stereocenters. The van der Waals surface area contributed by atoms with Crippen LogP contribution in [0.15, 0.2) is 17.1 Å². The van der Waals surface area contributed by atoms with E-state index in [2.05, 4.69) is 34.1 Å². The van der Waals surface area contributed by atoms with Crippen molar-refractivity contribution in [1.82, 2.24) is 10.2 Å². The van der Waals surface area contributed by atoms with E-state index in [4.69, 9.17) is 15.9 Å². The molecule has 1 aliphatic rings. The van der Waals surface area contributed by atoms with Gasteiger partial charge in [-0.3, -0.25) is 0 Å². The second-order valence-electron chi connectivity index (χ2n) is 5.02. The third-order valence-corrected chi connectivity index (χ3v) is 3.67. The second kappa shape index (κ2) is 7.60. The first kappa shape index (κ1) is 16.0. The number of terminal acetylenes is 1. The first-order valence-electron chi connectivity index (χ1n) is 7.44. The molecule has 1 aromatic carbocycles. The summed E-state index contributed by atoms with van der Waals surface area (Å²) in [6.45, 7) is 4.94. The van der Waals surface area contributed by atoms with Crippen molar-refractivity contribution < 1.29 is 9.47 Å². The molecular formula is C17H23N3O2. The van der Waals surface area contributed by atoms with Crippen LogP contribution in [-0.2, 0) is 13.0 Å². The Bertz CT molecular complexity index is 590. The summed E-state index contributed by atoms with van der Waals surface area (Å²) in [7, 11) is 3.32. The van der Waals surface area contributed by atoms with E-state index in [1.165, 1.54) is 11.1 Å². The molecule has 5 nitrogen and oxygen atoms in total. The van der Waals surface area contributed by atoms with Gasteiger partial charge in [-0.25, -0.2) is 4.99 Å². The van der Waals surface area contributed by atoms with Crippen LogP contribution in [0, 0.1) is 12.3 Å². The van der Waals surface area contributed by atoms with Gasteiger partial charge in [0.2, 0.25) is 0 Å². The minimum absolute atomic E-state index is 0.387. The van der Waals surface area contributed by atoms with Crippen LogP contribution in [0.5, 0.6) is 11.5 Å². The molecule has 1 aromatic rings. The third-order valence-electron chi connectivity index (χ3n) is 3.67. The molecule has 0 saturated heterocycles. The highest BCUT2D eigenvalue weighted by molar-refractivity contribution is 5.80. The van der Waals surface area contributed by atoms with E-state index in [1.807, 2.05) is 6.07 Å². The fourth-order valence-corrected chi connectivity index (χ4v) is 2.61. The molecule has 2 rings (SSSR count). The molecule has 0 aliphatic carbocycles. The first-order chi connectivity index (χ1) is 10.7. The predicted octanol–water partition coefficient (Wildman–Crippen LogP) is 1.66. The summed E-state index contributed by atoms with van der Waals surface area (Å²) in [6.07, 6.45) is 6.26. The SMILES string of the molecule is C#CCN=C(NCC)N1CCc2cc(OC)c(OC)cc2C1. The van der Waals surface area contributed by atoms with Crippen molar-refractivity contribution in [3.8, 4) is 23.8 Å². The highest BCUT2D eigenvalue weighted by Gasteiger charge is 2.21. The number of hydrogen-bond donors (Lipinski definition) is 1. The van der Waals surface area contributed by atoms with Gasteiger partial charge >= 0.3 is 0 Å². The molecule has 22 heavy (non-hydrogen) atoms. The Morgan fingerprint density at radius 2 is 2.00 bits per heavy atom. The normalized spacial score (nSPS) is 14.1. The molecule has 1 N–H and O–H groups in total. The number of guanidine groups is 1. The van der Waals surface area contributed by atoms with Gasteiger partial charge in [-0.1, -0.05) is 5.92 Å². The van der Waals surface area contributed by atoms with Crippen LogP contribution in [0.2, 0.25) is 0 Å². The summed E-state index contributed by atoms with van der Waals surface area (Å²) < 4.78 is 10.8. The number of aliphatic imine (C=N–C) groups is 1. The monoisotopic (exact) mass is 301 g/mol. The molecule has 0 saturated carbocycles. The zero-order valence-corrected chi connectivity index (χ0v) is 13.5. The van der Waals surface area contributed by atoms with Gasteiger partial charge in [-0.15, -0.1) is 6.42 Å². The average molecular weight is 301 g/mol. The lowest BCUT2D eigenvalue weighted by Crippen LogP contribution is -2.44. The van der Waals surface area contributed by atoms with Crippen LogP contribution in [0.4, 0.5) is 0 Å². The van der Waals surface area contributed by atoms with E-state index in [1.54, 1.807) is 14.2 Å². The lowest BCUT2D eigenvalue weighted by Gasteiger charge is -2.32. The predicted molar refractivity (Wildman–Crippen MR) is 88.5 cm³/mol. The number of benzene rings is 1. The molecule has 0 amide bonds. The molecule has 1 aliphatic heterocycles. The Balaban J connectivity index is 2.24. The van der Waals surface area contributed by atoms with Crippen molar-refractivity contribution in [3.05, 3.63) is 23.3 Å². The smallest absolute Gasteiger partial charge is 0.195 e. The van der Waals surface area contributed by atoms with Crippen LogP contribution in [0.1, 0.15) is 18.1 Å². The number of ether oxygens (including phenoxy) is 2. The molecule has 0 aromatic heterocycles. The van der Waals surface area contributed by atoms with Crippen molar-refractivity contribution >= 4 is 5.96 Å². The maximum absolute atomic E-state index is 5.39. The van der Waals surface area contributed by atoms with Gasteiger partial charge in [0.25, 0.3) is 0 Å². The molecule has 118 valence electrons. The fourth-order valence-electron chi connectivity index (χ4n) is 2.61. The molecule has 5 heteroatoms. The minimum atomic E-state index is 0.387. The Labute approximate surface area is 132 Å². The van der Waals surface area contributed by atoms with Crippen molar-refractivity contribution in [3.63, 3.8) is 0 Å². The van der Waals surface area contributed by atoms with E-state index in [9.17, 15) is 0 Å². The van der Waals surface area contributed by atoms with E-state index in [0.717, 1.165) is 43.5 Å². The lowest BCUT2D eigenvalue weighted by atomic mass is 9.99. The maximum Gasteiger partial charge on any atom is 0.195 e. The summed E-state index contributed by atoms with van der Waals surface area (Å²) in [5.41, 5.74) is 2.52. The Morgan fingerprint density at radius 1 is 1.32 bits per heavy atom. The summed E-state index contributed by atoms with van der Waals surface area (Å²) in [5.74, 6) is 4.96. The van der Waals surface area contributed by atoms with Gasteiger partial charge < -0.3 is 19.7 Å².